The molecule has 0 aliphatic carbocycles. The van der Waals surface area contributed by atoms with E-state index in [2.05, 4.69) is 56.7 Å². The van der Waals surface area contributed by atoms with Gasteiger partial charge in [0.25, 0.3) is 0 Å². The highest BCUT2D eigenvalue weighted by Crippen LogP contribution is 2.23. The third-order valence-corrected chi connectivity index (χ3v) is 6.66. The van der Waals surface area contributed by atoms with Crippen LogP contribution in [0.5, 0.6) is 0 Å². The van der Waals surface area contributed by atoms with Gasteiger partial charge in [0.2, 0.25) is 0 Å². The summed E-state index contributed by atoms with van der Waals surface area (Å²) >= 11 is 1.64. The maximum Gasteiger partial charge on any atom is 0.193 e. The van der Waals surface area contributed by atoms with E-state index < -0.39 is 0 Å². The monoisotopic (exact) mass is 445 g/mol. The number of aryl methyl sites for hydroxylation is 1. The van der Waals surface area contributed by atoms with Crippen molar-refractivity contribution in [3.8, 4) is 0 Å². The van der Waals surface area contributed by atoms with Crippen LogP contribution in [-0.2, 0) is 16.0 Å². The minimum atomic E-state index is 0.0186. The lowest BCUT2D eigenvalue weighted by Crippen LogP contribution is -2.46. The first kappa shape index (κ1) is 23.7. The molecule has 8 heteroatoms. The molecule has 2 unspecified atom stereocenters. The van der Waals surface area contributed by atoms with Crippen molar-refractivity contribution in [3.05, 3.63) is 51.5 Å². The van der Waals surface area contributed by atoms with E-state index in [0.717, 1.165) is 49.5 Å². The summed E-state index contributed by atoms with van der Waals surface area (Å²) < 4.78 is 11.0. The summed E-state index contributed by atoms with van der Waals surface area (Å²) in [6.07, 6.45) is 0.0186. The van der Waals surface area contributed by atoms with Gasteiger partial charge in [-0.25, -0.2) is 4.98 Å². The zero-order chi connectivity index (χ0) is 22.2. The highest BCUT2D eigenvalue weighted by atomic mass is 32.1. The zero-order valence-electron chi connectivity index (χ0n) is 19.3. The fraction of sp³-hybridized carbons (Fsp3) is 0.565. The maximum atomic E-state index is 5.58. The van der Waals surface area contributed by atoms with Crippen LogP contribution in [-0.4, -0.2) is 74.8 Å². The van der Waals surface area contributed by atoms with Crippen molar-refractivity contribution >= 4 is 17.3 Å². The molecular weight excluding hydrogens is 410 g/mol. The Hall–Kier alpha value is -2.00. The lowest BCUT2D eigenvalue weighted by molar-refractivity contribution is 0.0169. The van der Waals surface area contributed by atoms with Gasteiger partial charge in [-0.1, -0.05) is 29.8 Å². The number of guanidine groups is 1. The van der Waals surface area contributed by atoms with Crippen molar-refractivity contribution < 1.29 is 9.47 Å². The third-order valence-electron chi connectivity index (χ3n) is 5.61. The number of nitrogens with one attached hydrogen (secondary N) is 1. The summed E-state index contributed by atoms with van der Waals surface area (Å²) in [6, 6.07) is 9.05. The van der Waals surface area contributed by atoms with Crippen molar-refractivity contribution in [1.82, 2.24) is 20.1 Å². The van der Waals surface area contributed by atoms with Crippen LogP contribution in [0.25, 0.3) is 0 Å². The molecule has 0 bridgehead atoms. The number of benzene rings is 1. The van der Waals surface area contributed by atoms with Crippen molar-refractivity contribution in [1.29, 1.82) is 0 Å². The first-order chi connectivity index (χ1) is 15.0. The van der Waals surface area contributed by atoms with Gasteiger partial charge in [-0.2, -0.15) is 0 Å². The van der Waals surface area contributed by atoms with Gasteiger partial charge < -0.3 is 19.7 Å². The number of rotatable bonds is 8. The fourth-order valence-electron chi connectivity index (χ4n) is 3.80. The number of aliphatic imine (C=N–C) groups is 1. The van der Waals surface area contributed by atoms with Gasteiger partial charge in [0, 0.05) is 46.2 Å². The topological polar surface area (TPSA) is 62.2 Å². The molecule has 1 N–H and O–H groups in total. The molecule has 1 fully saturated rings. The molecule has 31 heavy (non-hydrogen) atoms. The second-order valence-corrected chi connectivity index (χ2v) is 8.81. The Morgan fingerprint density at radius 2 is 2.16 bits per heavy atom. The predicted octanol–water partition coefficient (Wildman–Crippen LogP) is 3.24. The van der Waals surface area contributed by atoms with Gasteiger partial charge in [-0.15, -0.1) is 11.3 Å². The standard InChI is InChI=1S/C23H35N5O2S/c1-17-7-6-8-19(13-17)21(28-9-11-30-12-10-28)14-25-23(24-3)27(4)15-20-16-31-22(26-20)18(2)29-5/h6-8,13,16,18,21H,9-12,14-15H2,1-5H3,(H,24,25). The number of thiazole rings is 1. The molecule has 0 radical (unpaired) electrons. The minimum absolute atomic E-state index is 0.0186. The number of nitrogens with zero attached hydrogens (tertiary/aromatic N) is 4. The molecular formula is C23H35N5O2S. The highest BCUT2D eigenvalue weighted by molar-refractivity contribution is 7.09. The van der Waals surface area contributed by atoms with E-state index in [1.807, 2.05) is 21.0 Å². The first-order valence-electron chi connectivity index (χ1n) is 10.8. The Morgan fingerprint density at radius 3 is 2.84 bits per heavy atom. The molecule has 2 aromatic rings. The molecule has 2 heterocycles. The van der Waals surface area contributed by atoms with Crippen LogP contribution in [0.15, 0.2) is 34.6 Å². The molecule has 170 valence electrons. The average molecular weight is 446 g/mol. The third kappa shape index (κ3) is 6.49. The Bertz CT molecular complexity index is 850. The summed E-state index contributed by atoms with van der Waals surface area (Å²) in [6.45, 7) is 9.08. The van der Waals surface area contributed by atoms with E-state index in [1.165, 1.54) is 11.1 Å². The SMILES string of the molecule is CN=C(NCC(c1cccc(C)c1)N1CCOCC1)N(C)Cc1csc(C(C)OC)n1. The summed E-state index contributed by atoms with van der Waals surface area (Å²) in [4.78, 5) is 13.8. The smallest absolute Gasteiger partial charge is 0.193 e. The Morgan fingerprint density at radius 1 is 1.39 bits per heavy atom. The number of aromatic nitrogens is 1. The fourth-order valence-corrected chi connectivity index (χ4v) is 4.64. The lowest BCUT2D eigenvalue weighted by Gasteiger charge is -2.35. The molecule has 0 saturated carbocycles. The second-order valence-electron chi connectivity index (χ2n) is 7.92. The first-order valence-corrected chi connectivity index (χ1v) is 11.7. The summed E-state index contributed by atoms with van der Waals surface area (Å²) in [5.41, 5.74) is 3.63. The Balaban J connectivity index is 1.66. The van der Waals surface area contributed by atoms with E-state index in [9.17, 15) is 0 Å². The number of ether oxygens (including phenoxy) is 2. The average Bonchev–Trinajstić information content (AvgIpc) is 3.25. The molecule has 1 aromatic carbocycles. The Labute approximate surface area is 190 Å². The van der Waals surface area contributed by atoms with Crippen LogP contribution >= 0.6 is 11.3 Å². The van der Waals surface area contributed by atoms with Crippen molar-refractivity contribution in [2.75, 3.05) is 54.1 Å². The lowest BCUT2D eigenvalue weighted by atomic mass is 10.0. The van der Waals surface area contributed by atoms with Gasteiger partial charge in [0.05, 0.1) is 31.5 Å². The van der Waals surface area contributed by atoms with Gasteiger partial charge in [0.15, 0.2) is 5.96 Å². The van der Waals surface area contributed by atoms with Crippen LogP contribution in [0.1, 0.15) is 40.9 Å². The van der Waals surface area contributed by atoms with E-state index in [0.29, 0.717) is 6.54 Å². The van der Waals surface area contributed by atoms with Crippen LogP contribution in [0, 0.1) is 6.92 Å². The number of methoxy groups -OCH3 is 1. The molecule has 7 nitrogen and oxygen atoms in total. The van der Waals surface area contributed by atoms with Gasteiger partial charge in [0.1, 0.15) is 11.1 Å². The highest BCUT2D eigenvalue weighted by Gasteiger charge is 2.23. The van der Waals surface area contributed by atoms with Crippen molar-refractivity contribution in [2.45, 2.75) is 32.5 Å². The maximum absolute atomic E-state index is 5.58. The number of morpholine rings is 1. The number of hydrogen-bond acceptors (Lipinski definition) is 6. The molecule has 0 spiro atoms. The van der Waals surface area contributed by atoms with Crippen LogP contribution in [0.2, 0.25) is 0 Å². The molecule has 1 aliphatic rings. The molecule has 3 rings (SSSR count). The van der Waals surface area contributed by atoms with E-state index in [1.54, 1.807) is 18.4 Å². The molecule has 0 amide bonds. The summed E-state index contributed by atoms with van der Waals surface area (Å²) in [7, 11) is 5.59. The molecule has 1 aromatic heterocycles. The molecule has 2 atom stereocenters. The van der Waals surface area contributed by atoms with Crippen molar-refractivity contribution in [3.63, 3.8) is 0 Å². The zero-order valence-corrected chi connectivity index (χ0v) is 20.1. The van der Waals surface area contributed by atoms with Crippen LogP contribution < -0.4 is 5.32 Å². The predicted molar refractivity (Wildman–Crippen MR) is 127 cm³/mol. The number of hydrogen-bond donors (Lipinski definition) is 1. The van der Waals surface area contributed by atoms with Crippen molar-refractivity contribution in [2.24, 2.45) is 4.99 Å². The van der Waals surface area contributed by atoms with Gasteiger partial charge in [-0.3, -0.25) is 9.89 Å². The quantitative estimate of drug-likeness (QED) is 0.497. The summed E-state index contributed by atoms with van der Waals surface area (Å²) in [5, 5.41) is 6.69. The van der Waals surface area contributed by atoms with Crippen LogP contribution in [0.3, 0.4) is 0 Å². The Kier molecular flexibility index (Phi) is 8.83. The van der Waals surface area contributed by atoms with Gasteiger partial charge >= 0.3 is 0 Å². The normalized spacial score (nSPS) is 17.4. The van der Waals surface area contributed by atoms with Gasteiger partial charge in [-0.05, 0) is 19.4 Å². The van der Waals surface area contributed by atoms with E-state index >= 15 is 0 Å². The second kappa shape index (κ2) is 11.6. The largest absolute Gasteiger partial charge is 0.379 e. The molecule has 1 saturated heterocycles. The molecule has 1 aliphatic heterocycles. The summed E-state index contributed by atoms with van der Waals surface area (Å²) in [5.74, 6) is 0.861. The van der Waals surface area contributed by atoms with Crippen LogP contribution in [0.4, 0.5) is 0 Å². The minimum Gasteiger partial charge on any atom is -0.379 e. The van der Waals surface area contributed by atoms with E-state index in [4.69, 9.17) is 14.5 Å². The van der Waals surface area contributed by atoms with E-state index in [-0.39, 0.29) is 12.1 Å².